The fraction of sp³-hybridized carbons (Fsp3) is 0.450. The molecule has 164 valence electrons. The minimum atomic E-state index is -2.27. The summed E-state index contributed by atoms with van der Waals surface area (Å²) in [6.07, 6.45) is 2.48. The Hall–Kier alpha value is -3.13. The number of carbonyl (C=O) groups excluding carboxylic acids is 1. The third-order valence-corrected chi connectivity index (χ3v) is 4.44. The highest BCUT2D eigenvalue weighted by Gasteiger charge is 2.29. The van der Waals surface area contributed by atoms with Crippen LogP contribution in [0.25, 0.3) is 0 Å². The van der Waals surface area contributed by atoms with E-state index < -0.39 is 24.1 Å². The van der Waals surface area contributed by atoms with Gasteiger partial charge in [-0.3, -0.25) is 5.32 Å². The molecule has 0 spiro atoms. The molecule has 0 bridgehead atoms. The molecule has 3 atom stereocenters. The minimum absolute atomic E-state index is 0.253. The number of terminal acetylenes is 1. The molecule has 10 nitrogen and oxygen atoms in total. The van der Waals surface area contributed by atoms with E-state index in [9.17, 15) is 14.4 Å². The third-order valence-electron chi connectivity index (χ3n) is 4.44. The number of aliphatic carboxylic acids is 2. The zero-order valence-corrected chi connectivity index (χ0v) is 16.7. The summed E-state index contributed by atoms with van der Waals surface area (Å²) in [4.78, 5) is 32.8. The molecule has 3 unspecified atom stereocenters. The molecule has 1 aromatic carbocycles. The van der Waals surface area contributed by atoms with Crippen molar-refractivity contribution in [2.75, 3.05) is 20.1 Å². The normalized spacial score (nSPS) is 16.2. The van der Waals surface area contributed by atoms with Crippen LogP contribution in [0.4, 0.5) is 4.79 Å². The Bertz CT molecular complexity index is 786. The number of hydrogen-bond acceptors (Lipinski definition) is 7. The summed E-state index contributed by atoms with van der Waals surface area (Å²) < 4.78 is 5.36. The summed E-state index contributed by atoms with van der Waals surface area (Å²) in [6.45, 7) is 3.08. The van der Waals surface area contributed by atoms with Crippen LogP contribution in [0.1, 0.15) is 30.5 Å². The van der Waals surface area contributed by atoms with Gasteiger partial charge in [-0.05, 0) is 43.0 Å². The number of aliphatic hydroxyl groups excluding tert-OH is 2. The van der Waals surface area contributed by atoms with Crippen molar-refractivity contribution < 1.29 is 39.5 Å². The van der Waals surface area contributed by atoms with Crippen molar-refractivity contribution in [2.24, 2.45) is 0 Å². The molecular formula is C20H26N2O8. The second-order valence-corrected chi connectivity index (χ2v) is 6.49. The molecule has 1 aromatic rings. The molecule has 5 N–H and O–H groups in total. The van der Waals surface area contributed by atoms with Gasteiger partial charge in [0.1, 0.15) is 5.75 Å². The molecule has 0 saturated heterocycles. The van der Waals surface area contributed by atoms with Gasteiger partial charge in [0.2, 0.25) is 0 Å². The number of carbonyl (C=O) groups is 3. The molecule has 10 heteroatoms. The van der Waals surface area contributed by atoms with Gasteiger partial charge in [-0.15, -0.1) is 6.42 Å². The largest absolute Gasteiger partial charge is 0.479 e. The molecule has 0 heterocycles. The predicted molar refractivity (Wildman–Crippen MR) is 106 cm³/mol. The zero-order chi connectivity index (χ0) is 22.8. The van der Waals surface area contributed by atoms with Crippen LogP contribution in [0.5, 0.6) is 5.75 Å². The van der Waals surface area contributed by atoms with Crippen molar-refractivity contribution in [3.8, 4) is 18.1 Å². The second-order valence-electron chi connectivity index (χ2n) is 6.49. The van der Waals surface area contributed by atoms with Crippen molar-refractivity contribution in [2.45, 2.75) is 38.0 Å². The number of carboxylic acids is 2. The number of ether oxygens (including phenoxy) is 1. The SMILES string of the molecule is C#CCNC1CCc2ccc(OC(=O)N(C)CC)cc21.O=C(O)C(O)C(O)C(=O)O. The Morgan fingerprint density at radius 1 is 1.27 bits per heavy atom. The molecule has 0 saturated carbocycles. The fourth-order valence-electron chi connectivity index (χ4n) is 2.62. The average molecular weight is 422 g/mol. The van der Waals surface area contributed by atoms with Crippen LogP contribution in [0.2, 0.25) is 0 Å². The van der Waals surface area contributed by atoms with Crippen molar-refractivity contribution in [3.63, 3.8) is 0 Å². The molecule has 1 aliphatic rings. The first-order valence-electron chi connectivity index (χ1n) is 9.16. The van der Waals surface area contributed by atoms with Gasteiger partial charge in [0.15, 0.2) is 12.2 Å². The number of fused-ring (bicyclic) bond motifs is 1. The quantitative estimate of drug-likeness (QED) is 0.388. The third kappa shape index (κ3) is 7.04. The van der Waals surface area contributed by atoms with Gasteiger partial charge in [0, 0.05) is 19.6 Å². The van der Waals surface area contributed by atoms with Gasteiger partial charge in [-0.25, -0.2) is 14.4 Å². The van der Waals surface area contributed by atoms with Crippen molar-refractivity contribution in [1.29, 1.82) is 0 Å². The lowest BCUT2D eigenvalue weighted by atomic mass is 10.1. The number of hydrogen-bond donors (Lipinski definition) is 5. The smallest absolute Gasteiger partial charge is 0.414 e. The zero-order valence-electron chi connectivity index (χ0n) is 16.7. The van der Waals surface area contributed by atoms with Gasteiger partial charge in [-0.1, -0.05) is 12.0 Å². The summed E-state index contributed by atoms with van der Waals surface area (Å²) in [6, 6.07) is 6.08. The maximum absolute atomic E-state index is 11.8. The van der Waals surface area contributed by atoms with Crippen LogP contribution in [0, 0.1) is 12.3 Å². The molecule has 2 rings (SSSR count). The molecular weight excluding hydrogens is 396 g/mol. The van der Waals surface area contributed by atoms with Gasteiger partial charge < -0.3 is 30.1 Å². The summed E-state index contributed by atoms with van der Waals surface area (Å²) in [7, 11) is 1.72. The first-order chi connectivity index (χ1) is 14.1. The van der Waals surface area contributed by atoms with E-state index in [4.69, 9.17) is 31.6 Å². The van der Waals surface area contributed by atoms with Crippen LogP contribution in [0.15, 0.2) is 18.2 Å². The molecule has 0 fully saturated rings. The summed E-state index contributed by atoms with van der Waals surface area (Å²) in [5, 5.41) is 35.8. The second kappa shape index (κ2) is 11.8. The lowest BCUT2D eigenvalue weighted by Crippen LogP contribution is -2.39. The topological polar surface area (TPSA) is 157 Å². The Morgan fingerprint density at radius 3 is 2.37 bits per heavy atom. The number of aryl methyl sites for hydroxylation is 1. The fourth-order valence-corrected chi connectivity index (χ4v) is 2.62. The van der Waals surface area contributed by atoms with Gasteiger partial charge >= 0.3 is 18.0 Å². The Labute approximate surface area is 174 Å². The number of nitrogens with one attached hydrogen (secondary N) is 1. The first-order valence-corrected chi connectivity index (χ1v) is 9.16. The van der Waals surface area contributed by atoms with Crippen LogP contribution in [0.3, 0.4) is 0 Å². The summed E-state index contributed by atoms with van der Waals surface area (Å²) in [5.41, 5.74) is 2.48. The molecule has 0 aliphatic heterocycles. The van der Waals surface area contributed by atoms with Crippen LogP contribution in [-0.2, 0) is 16.0 Å². The average Bonchev–Trinajstić information content (AvgIpc) is 3.12. The van der Waals surface area contributed by atoms with Gasteiger partial charge in [-0.2, -0.15) is 0 Å². The summed E-state index contributed by atoms with van der Waals surface area (Å²) in [5.74, 6) is -0.359. The van der Waals surface area contributed by atoms with Gasteiger partial charge in [0.05, 0.1) is 6.54 Å². The number of rotatable bonds is 7. The number of amides is 1. The van der Waals surface area contributed by atoms with Crippen LogP contribution < -0.4 is 10.1 Å². The molecule has 30 heavy (non-hydrogen) atoms. The van der Waals surface area contributed by atoms with Gasteiger partial charge in [0.25, 0.3) is 0 Å². The predicted octanol–water partition coefficient (Wildman–Crippen LogP) is 0.225. The standard InChI is InChI=1S/C16H20N2O2.C4H6O6/c1-4-10-17-15-9-7-12-6-8-13(11-14(12)15)20-16(19)18(3)5-2;5-1(3(7)8)2(6)4(9)10/h1,6,8,11,15,17H,5,7,9-10H2,2-3H3;1-2,5-6H,(H,7,8)(H,9,10). The molecule has 0 radical (unpaired) electrons. The number of benzene rings is 1. The molecule has 1 amide bonds. The van der Waals surface area contributed by atoms with Crippen molar-refractivity contribution >= 4 is 18.0 Å². The molecule has 0 aromatic heterocycles. The molecule has 1 aliphatic carbocycles. The van der Waals surface area contributed by atoms with E-state index in [1.807, 2.05) is 25.1 Å². The van der Waals surface area contributed by atoms with E-state index in [-0.39, 0.29) is 12.1 Å². The van der Waals surface area contributed by atoms with E-state index in [2.05, 4.69) is 11.2 Å². The summed E-state index contributed by atoms with van der Waals surface area (Å²) >= 11 is 0. The van der Waals surface area contributed by atoms with E-state index in [0.29, 0.717) is 18.8 Å². The number of carboxylic acid groups (broad SMARTS) is 2. The minimum Gasteiger partial charge on any atom is -0.479 e. The maximum Gasteiger partial charge on any atom is 0.414 e. The number of aliphatic hydroxyl groups is 2. The van der Waals surface area contributed by atoms with E-state index >= 15 is 0 Å². The maximum atomic E-state index is 11.8. The Kier molecular flexibility index (Phi) is 9.77. The lowest BCUT2D eigenvalue weighted by Gasteiger charge is -2.16. The van der Waals surface area contributed by atoms with Crippen molar-refractivity contribution in [3.05, 3.63) is 29.3 Å². The van der Waals surface area contributed by atoms with Crippen LogP contribution >= 0.6 is 0 Å². The highest BCUT2D eigenvalue weighted by Crippen LogP contribution is 2.33. The Balaban J connectivity index is 0.000000382. The van der Waals surface area contributed by atoms with Crippen molar-refractivity contribution in [1.82, 2.24) is 10.2 Å². The lowest BCUT2D eigenvalue weighted by molar-refractivity contribution is -0.165. The monoisotopic (exact) mass is 422 g/mol. The first kappa shape index (κ1) is 24.9. The van der Waals surface area contributed by atoms with E-state index in [0.717, 1.165) is 12.8 Å². The Morgan fingerprint density at radius 2 is 1.87 bits per heavy atom. The van der Waals surface area contributed by atoms with Crippen LogP contribution in [-0.4, -0.2) is 75.7 Å². The van der Waals surface area contributed by atoms with E-state index in [1.54, 1.807) is 7.05 Å². The highest BCUT2D eigenvalue weighted by molar-refractivity contribution is 5.83. The van der Waals surface area contributed by atoms with E-state index in [1.165, 1.54) is 16.0 Å². The highest BCUT2D eigenvalue weighted by atomic mass is 16.6. The number of nitrogens with zero attached hydrogens (tertiary/aromatic N) is 1.